The molecule has 2 nitrogen and oxygen atoms in total. The number of allylic oxidation sites excluding steroid dienone is 4. The van der Waals surface area contributed by atoms with E-state index >= 15 is 0 Å². The first kappa shape index (κ1) is 16.7. The molecule has 0 aliphatic rings. The molecule has 0 radical (unpaired) electrons. The Labute approximate surface area is 111 Å². The first-order chi connectivity index (χ1) is 8.85. The molecule has 0 aromatic heterocycles. The van der Waals surface area contributed by atoms with Crippen molar-refractivity contribution in [2.24, 2.45) is 0 Å². The van der Waals surface area contributed by atoms with Gasteiger partial charge >= 0.3 is 0 Å². The number of hydrogen-bond acceptors (Lipinski definition) is 2. The number of aliphatic hydroxyl groups is 2. The first-order valence-electron chi connectivity index (χ1n) is 6.50. The van der Waals surface area contributed by atoms with E-state index in [9.17, 15) is 0 Å². The minimum atomic E-state index is 0.0859. The zero-order valence-corrected chi connectivity index (χ0v) is 11.1. The van der Waals surface area contributed by atoms with Gasteiger partial charge in [-0.3, -0.25) is 0 Å². The van der Waals surface area contributed by atoms with Crippen LogP contribution in [0.3, 0.4) is 0 Å². The SMILES string of the molecule is C=CCCC/C=C/C/C=C(\C#CCCO)CCO. The van der Waals surface area contributed by atoms with Crippen molar-refractivity contribution in [3.05, 3.63) is 36.5 Å². The second-order valence-electron chi connectivity index (χ2n) is 3.91. The third kappa shape index (κ3) is 11.2. The largest absolute Gasteiger partial charge is 0.396 e. The van der Waals surface area contributed by atoms with Crippen LogP contribution in [0.2, 0.25) is 0 Å². The monoisotopic (exact) mass is 248 g/mol. The van der Waals surface area contributed by atoms with Crippen LogP contribution in [-0.4, -0.2) is 23.4 Å². The molecular formula is C16H24O2. The Morgan fingerprint density at radius 2 is 1.94 bits per heavy atom. The molecule has 0 saturated carbocycles. The second kappa shape index (κ2) is 13.8. The highest BCUT2D eigenvalue weighted by Crippen LogP contribution is 2.03. The first-order valence-corrected chi connectivity index (χ1v) is 6.50. The fourth-order valence-electron chi connectivity index (χ4n) is 1.37. The molecule has 0 aromatic carbocycles. The molecule has 0 bridgehead atoms. The fraction of sp³-hybridized carbons (Fsp3) is 0.500. The Hall–Kier alpha value is -1.30. The maximum absolute atomic E-state index is 8.91. The van der Waals surface area contributed by atoms with Crippen LogP contribution < -0.4 is 0 Å². The Balaban J connectivity index is 4.00. The Bertz CT molecular complexity index is 316. The smallest absolute Gasteiger partial charge is 0.0540 e. The van der Waals surface area contributed by atoms with Gasteiger partial charge in [0.1, 0.15) is 0 Å². The predicted octanol–water partition coefficient (Wildman–Crippen LogP) is 2.98. The third-order valence-electron chi connectivity index (χ3n) is 2.31. The summed E-state index contributed by atoms with van der Waals surface area (Å²) in [7, 11) is 0. The molecule has 0 atom stereocenters. The van der Waals surface area contributed by atoms with Gasteiger partial charge in [0.15, 0.2) is 0 Å². The van der Waals surface area contributed by atoms with Gasteiger partial charge in [-0.05, 0) is 25.7 Å². The Morgan fingerprint density at radius 3 is 2.61 bits per heavy atom. The Morgan fingerprint density at radius 1 is 1.11 bits per heavy atom. The predicted molar refractivity (Wildman–Crippen MR) is 77.1 cm³/mol. The van der Waals surface area contributed by atoms with Crippen molar-refractivity contribution in [2.45, 2.75) is 38.5 Å². The molecule has 0 spiro atoms. The maximum atomic E-state index is 8.91. The average molecular weight is 248 g/mol. The quantitative estimate of drug-likeness (QED) is 0.374. The van der Waals surface area contributed by atoms with E-state index in [0.29, 0.717) is 12.8 Å². The summed E-state index contributed by atoms with van der Waals surface area (Å²) >= 11 is 0. The highest BCUT2D eigenvalue weighted by atomic mass is 16.3. The number of aliphatic hydroxyl groups excluding tert-OH is 2. The highest BCUT2D eigenvalue weighted by molar-refractivity contribution is 5.29. The number of hydrogen-bond donors (Lipinski definition) is 2. The van der Waals surface area contributed by atoms with Gasteiger partial charge in [0.25, 0.3) is 0 Å². The summed E-state index contributed by atoms with van der Waals surface area (Å²) < 4.78 is 0. The topological polar surface area (TPSA) is 40.5 Å². The lowest BCUT2D eigenvalue weighted by atomic mass is 10.1. The molecule has 2 heteroatoms. The normalized spacial score (nSPS) is 11.3. The zero-order chi connectivity index (χ0) is 13.5. The van der Waals surface area contributed by atoms with E-state index in [2.05, 4.69) is 30.6 Å². The van der Waals surface area contributed by atoms with Crippen LogP contribution in [-0.2, 0) is 0 Å². The van der Waals surface area contributed by atoms with Gasteiger partial charge in [-0.15, -0.1) is 6.58 Å². The summed E-state index contributed by atoms with van der Waals surface area (Å²) in [6.07, 6.45) is 13.4. The van der Waals surface area contributed by atoms with Gasteiger partial charge in [-0.25, -0.2) is 0 Å². The molecule has 0 aliphatic heterocycles. The fourth-order valence-corrected chi connectivity index (χ4v) is 1.37. The van der Waals surface area contributed by atoms with Crippen molar-refractivity contribution in [1.29, 1.82) is 0 Å². The molecule has 2 N–H and O–H groups in total. The van der Waals surface area contributed by atoms with Crippen LogP contribution in [0.5, 0.6) is 0 Å². The van der Waals surface area contributed by atoms with Crippen molar-refractivity contribution in [2.75, 3.05) is 13.2 Å². The van der Waals surface area contributed by atoms with Crippen LogP contribution in [0.4, 0.5) is 0 Å². The van der Waals surface area contributed by atoms with Gasteiger partial charge in [0.2, 0.25) is 0 Å². The third-order valence-corrected chi connectivity index (χ3v) is 2.31. The van der Waals surface area contributed by atoms with Crippen molar-refractivity contribution in [3.8, 4) is 11.8 Å². The lowest BCUT2D eigenvalue weighted by Crippen LogP contribution is -1.86. The summed E-state index contributed by atoms with van der Waals surface area (Å²) in [6, 6.07) is 0. The Kier molecular flexibility index (Phi) is 12.8. The lowest BCUT2D eigenvalue weighted by molar-refractivity contribution is 0.300. The number of rotatable bonds is 9. The van der Waals surface area contributed by atoms with E-state index in [1.807, 2.05) is 12.2 Å². The van der Waals surface area contributed by atoms with Crippen molar-refractivity contribution in [3.63, 3.8) is 0 Å². The summed E-state index contributed by atoms with van der Waals surface area (Å²) in [6.45, 7) is 3.88. The molecule has 0 amide bonds. The van der Waals surface area contributed by atoms with Gasteiger partial charge in [0.05, 0.1) is 6.61 Å². The maximum Gasteiger partial charge on any atom is 0.0540 e. The zero-order valence-electron chi connectivity index (χ0n) is 11.1. The minimum absolute atomic E-state index is 0.0859. The van der Waals surface area contributed by atoms with Gasteiger partial charge in [0, 0.05) is 25.0 Å². The van der Waals surface area contributed by atoms with Gasteiger partial charge in [-0.1, -0.05) is 36.1 Å². The summed E-state index contributed by atoms with van der Waals surface area (Å²) in [5, 5.41) is 17.5. The molecule has 0 saturated heterocycles. The molecule has 0 aliphatic carbocycles. The number of unbranched alkanes of at least 4 members (excludes halogenated alkanes) is 2. The molecule has 0 aromatic rings. The van der Waals surface area contributed by atoms with Gasteiger partial charge in [-0.2, -0.15) is 0 Å². The molecule has 18 heavy (non-hydrogen) atoms. The van der Waals surface area contributed by atoms with Crippen molar-refractivity contribution >= 4 is 0 Å². The van der Waals surface area contributed by atoms with Crippen LogP contribution in [0.15, 0.2) is 36.5 Å². The summed E-state index contributed by atoms with van der Waals surface area (Å²) in [4.78, 5) is 0. The van der Waals surface area contributed by atoms with Crippen molar-refractivity contribution < 1.29 is 10.2 Å². The van der Waals surface area contributed by atoms with Crippen LogP contribution >= 0.6 is 0 Å². The lowest BCUT2D eigenvalue weighted by Gasteiger charge is -1.95. The van der Waals surface area contributed by atoms with Crippen LogP contribution in [0.1, 0.15) is 38.5 Å². The van der Waals surface area contributed by atoms with Crippen LogP contribution in [0, 0.1) is 11.8 Å². The molecule has 0 heterocycles. The van der Waals surface area contributed by atoms with Gasteiger partial charge < -0.3 is 10.2 Å². The second-order valence-corrected chi connectivity index (χ2v) is 3.91. The average Bonchev–Trinajstić information content (AvgIpc) is 2.38. The van der Waals surface area contributed by atoms with E-state index in [1.54, 1.807) is 0 Å². The van der Waals surface area contributed by atoms with E-state index in [4.69, 9.17) is 10.2 Å². The van der Waals surface area contributed by atoms with E-state index < -0.39 is 0 Å². The van der Waals surface area contributed by atoms with E-state index in [1.165, 1.54) is 0 Å². The van der Waals surface area contributed by atoms with E-state index in [0.717, 1.165) is 31.3 Å². The summed E-state index contributed by atoms with van der Waals surface area (Å²) in [5.41, 5.74) is 0.946. The molecular weight excluding hydrogens is 224 g/mol. The molecule has 100 valence electrons. The molecule has 0 unspecified atom stereocenters. The molecule has 0 fully saturated rings. The van der Waals surface area contributed by atoms with E-state index in [-0.39, 0.29) is 13.2 Å². The van der Waals surface area contributed by atoms with Crippen molar-refractivity contribution in [1.82, 2.24) is 0 Å². The van der Waals surface area contributed by atoms with Crippen LogP contribution in [0.25, 0.3) is 0 Å². The minimum Gasteiger partial charge on any atom is -0.396 e. The molecule has 0 rings (SSSR count). The summed E-state index contributed by atoms with van der Waals surface area (Å²) in [5.74, 6) is 5.85. The highest BCUT2D eigenvalue weighted by Gasteiger charge is 1.90. The standard InChI is InChI=1S/C16H24O2/c1-2-3-4-5-6-7-8-11-16(13-15-18)12-9-10-14-17/h2,6-7,11,17-18H,1,3-5,8,10,13-15H2/b7-6+,16-11+.